The van der Waals surface area contributed by atoms with E-state index >= 15 is 0 Å². The number of fused-ring (bicyclic) bond motifs is 1. The summed E-state index contributed by atoms with van der Waals surface area (Å²) in [6, 6.07) is 11.9. The van der Waals surface area contributed by atoms with Gasteiger partial charge in [-0.1, -0.05) is 17.7 Å². The highest BCUT2D eigenvalue weighted by molar-refractivity contribution is 6.30. The molecule has 2 fully saturated rings. The average molecular weight is 570 g/mol. The molecule has 5 rings (SSSR count). The first-order chi connectivity index (χ1) is 19.3. The second kappa shape index (κ2) is 12.5. The predicted molar refractivity (Wildman–Crippen MR) is 150 cm³/mol. The minimum atomic E-state index is -0.686. The van der Waals surface area contributed by atoms with E-state index in [0.29, 0.717) is 36.8 Å². The van der Waals surface area contributed by atoms with E-state index in [1.807, 2.05) is 30.3 Å². The number of likely N-dealkylation sites (tertiary alicyclic amines) is 1. The molecule has 214 valence electrons. The molecule has 2 amide bonds. The number of ether oxygens (including phenoxy) is 2. The van der Waals surface area contributed by atoms with Crippen molar-refractivity contribution in [3.8, 4) is 11.5 Å². The van der Waals surface area contributed by atoms with Gasteiger partial charge in [0.25, 0.3) is 0 Å². The first-order valence-corrected chi connectivity index (χ1v) is 14.4. The molecule has 2 aromatic carbocycles. The van der Waals surface area contributed by atoms with Gasteiger partial charge in [0.1, 0.15) is 6.61 Å². The molecular formula is C30H36ClN3O6. The summed E-state index contributed by atoms with van der Waals surface area (Å²) in [5.41, 5.74) is 3.43. The molecule has 1 N–H and O–H groups in total. The van der Waals surface area contributed by atoms with Gasteiger partial charge in [-0.05, 0) is 79.5 Å². The number of hydrazine groups is 1. The van der Waals surface area contributed by atoms with Crippen LogP contribution in [0.15, 0.2) is 36.4 Å². The summed E-state index contributed by atoms with van der Waals surface area (Å²) in [6.45, 7) is 2.75. The van der Waals surface area contributed by atoms with E-state index < -0.39 is 5.97 Å². The van der Waals surface area contributed by atoms with Gasteiger partial charge < -0.3 is 19.6 Å². The highest BCUT2D eigenvalue weighted by Gasteiger charge is 2.31. The summed E-state index contributed by atoms with van der Waals surface area (Å²) < 4.78 is 11.5. The maximum atomic E-state index is 11.9. The molecule has 0 unspecified atom stereocenters. The average Bonchev–Trinajstić information content (AvgIpc) is 3.51. The number of imide groups is 1. The van der Waals surface area contributed by atoms with E-state index in [0.717, 1.165) is 48.6 Å². The van der Waals surface area contributed by atoms with Crippen LogP contribution in [0.2, 0.25) is 5.02 Å². The van der Waals surface area contributed by atoms with Gasteiger partial charge in [-0.25, -0.2) is 5.01 Å². The molecule has 10 heteroatoms. The molecule has 0 atom stereocenters. The quantitative estimate of drug-likeness (QED) is 0.394. The zero-order valence-corrected chi connectivity index (χ0v) is 23.6. The molecule has 1 saturated heterocycles. The van der Waals surface area contributed by atoms with E-state index in [4.69, 9.17) is 21.1 Å². The van der Waals surface area contributed by atoms with Gasteiger partial charge in [-0.15, -0.1) is 0 Å². The third kappa shape index (κ3) is 6.36. The summed E-state index contributed by atoms with van der Waals surface area (Å²) in [5, 5.41) is 14.9. The van der Waals surface area contributed by atoms with Crippen LogP contribution in [0.3, 0.4) is 0 Å². The molecule has 1 saturated carbocycles. The summed E-state index contributed by atoms with van der Waals surface area (Å²) in [4.78, 5) is 36.5. The molecule has 9 nitrogen and oxygen atoms in total. The fraction of sp³-hybridized carbons (Fsp3) is 0.500. The second-order valence-electron chi connectivity index (χ2n) is 10.8. The minimum absolute atomic E-state index is 0.154. The lowest BCUT2D eigenvalue weighted by Gasteiger charge is -2.38. The molecule has 40 heavy (non-hydrogen) atoms. The first kappa shape index (κ1) is 28.2. The number of anilines is 1. The Hall–Kier alpha value is -3.30. The molecular weight excluding hydrogens is 534 g/mol. The van der Waals surface area contributed by atoms with Crippen molar-refractivity contribution in [3.05, 3.63) is 52.5 Å². The predicted octanol–water partition coefficient (Wildman–Crippen LogP) is 4.55. The standard InChI is InChI=1S/C30H36ClN3O6/c1-39-27-16-21(4-9-26(27)40-15-14-33-28(35)10-11-29(33)36)19-32(18-20-2-5-22(6-3-20)30(37)38)34-13-12-23-17-24(31)7-8-25(23)34/h4,7-9,16-17,20,22H,2-3,5-6,10-15,18-19H2,1H3,(H,37,38). The number of nitrogens with zero attached hydrogens (tertiary/aromatic N) is 3. The topological polar surface area (TPSA) is 99.6 Å². The van der Waals surface area contributed by atoms with Crippen molar-refractivity contribution in [3.63, 3.8) is 0 Å². The number of carbonyl (C=O) groups excluding carboxylic acids is 2. The Balaban J connectivity index is 1.29. The molecule has 2 heterocycles. The molecule has 0 bridgehead atoms. The summed E-state index contributed by atoms with van der Waals surface area (Å²) in [7, 11) is 1.60. The molecule has 0 spiro atoms. The van der Waals surface area contributed by atoms with E-state index in [1.165, 1.54) is 10.5 Å². The Morgan fingerprint density at radius 2 is 1.77 bits per heavy atom. The molecule has 0 aromatic heterocycles. The maximum Gasteiger partial charge on any atom is 0.306 e. The van der Waals surface area contributed by atoms with Crippen LogP contribution in [-0.4, -0.2) is 66.1 Å². The third-order valence-corrected chi connectivity index (χ3v) is 8.47. The zero-order chi connectivity index (χ0) is 28.2. The molecule has 2 aliphatic heterocycles. The number of aliphatic carboxylic acids is 1. The van der Waals surface area contributed by atoms with Gasteiger partial charge >= 0.3 is 5.97 Å². The largest absolute Gasteiger partial charge is 0.493 e. The number of methoxy groups -OCH3 is 1. The highest BCUT2D eigenvalue weighted by atomic mass is 35.5. The molecule has 2 aromatic rings. The molecule has 3 aliphatic rings. The number of carboxylic acid groups (broad SMARTS) is 1. The van der Waals surface area contributed by atoms with Crippen molar-refractivity contribution in [2.75, 3.05) is 38.4 Å². The highest BCUT2D eigenvalue weighted by Crippen LogP contribution is 2.36. The third-order valence-electron chi connectivity index (χ3n) is 8.24. The lowest BCUT2D eigenvalue weighted by molar-refractivity contribution is -0.143. The SMILES string of the molecule is COc1cc(CN(CC2CCC(C(=O)O)CC2)N2CCc3cc(Cl)ccc32)ccc1OCCN1C(=O)CCC1=O. The fourth-order valence-corrected chi connectivity index (χ4v) is 6.24. The van der Waals surface area contributed by atoms with Gasteiger partial charge in [0.05, 0.1) is 25.3 Å². The number of halogens is 1. The Bertz CT molecular complexity index is 1250. The number of hydrogen-bond acceptors (Lipinski definition) is 7. The number of rotatable bonds is 11. The molecule has 1 aliphatic carbocycles. The Morgan fingerprint density at radius 1 is 1.02 bits per heavy atom. The van der Waals surface area contributed by atoms with Crippen LogP contribution in [0.1, 0.15) is 49.7 Å². The van der Waals surface area contributed by atoms with Crippen LogP contribution in [0.4, 0.5) is 5.69 Å². The lowest BCUT2D eigenvalue weighted by atomic mass is 9.82. The fourth-order valence-electron chi connectivity index (χ4n) is 6.04. The van der Waals surface area contributed by atoms with Crippen LogP contribution in [0.25, 0.3) is 0 Å². The van der Waals surface area contributed by atoms with Gasteiger partial charge in [0.2, 0.25) is 11.8 Å². The van der Waals surface area contributed by atoms with E-state index in [9.17, 15) is 19.5 Å². The number of benzene rings is 2. The van der Waals surface area contributed by atoms with E-state index in [2.05, 4.69) is 16.1 Å². The Labute approximate surface area is 239 Å². The number of carboxylic acids is 1. The number of hydrogen-bond donors (Lipinski definition) is 1. The monoisotopic (exact) mass is 569 g/mol. The van der Waals surface area contributed by atoms with E-state index in [-0.39, 0.29) is 43.7 Å². The summed E-state index contributed by atoms with van der Waals surface area (Å²) >= 11 is 6.27. The summed E-state index contributed by atoms with van der Waals surface area (Å²) in [6.07, 6.45) is 4.67. The van der Waals surface area contributed by atoms with Crippen LogP contribution in [0.5, 0.6) is 11.5 Å². The normalized spacial score (nSPS) is 20.8. The van der Waals surface area contributed by atoms with Gasteiger partial charge in [-0.2, -0.15) is 0 Å². The zero-order valence-electron chi connectivity index (χ0n) is 22.8. The van der Waals surface area contributed by atoms with Crippen molar-refractivity contribution in [1.29, 1.82) is 0 Å². The number of carbonyl (C=O) groups is 3. The maximum absolute atomic E-state index is 11.9. The van der Waals surface area contributed by atoms with Gasteiger partial charge in [0, 0.05) is 37.5 Å². The smallest absolute Gasteiger partial charge is 0.306 e. The number of amides is 2. The van der Waals surface area contributed by atoms with Crippen molar-refractivity contribution in [1.82, 2.24) is 9.91 Å². The van der Waals surface area contributed by atoms with Crippen molar-refractivity contribution < 1.29 is 29.0 Å². The van der Waals surface area contributed by atoms with Crippen LogP contribution in [0, 0.1) is 11.8 Å². The summed E-state index contributed by atoms with van der Waals surface area (Å²) in [5.74, 6) is 0.326. The second-order valence-corrected chi connectivity index (χ2v) is 11.3. The lowest BCUT2D eigenvalue weighted by Crippen LogP contribution is -2.44. The van der Waals surface area contributed by atoms with Crippen molar-refractivity contribution >= 4 is 35.1 Å². The first-order valence-electron chi connectivity index (χ1n) is 14.0. The van der Waals surface area contributed by atoms with Crippen LogP contribution < -0.4 is 14.5 Å². The van der Waals surface area contributed by atoms with E-state index in [1.54, 1.807) is 7.11 Å². The van der Waals surface area contributed by atoms with Crippen LogP contribution in [-0.2, 0) is 27.3 Å². The van der Waals surface area contributed by atoms with Crippen LogP contribution >= 0.6 is 11.6 Å². The Kier molecular flexibility index (Phi) is 8.81. The van der Waals surface area contributed by atoms with Crippen molar-refractivity contribution in [2.45, 2.75) is 51.5 Å². The molecule has 0 radical (unpaired) electrons. The minimum Gasteiger partial charge on any atom is -0.493 e. The van der Waals surface area contributed by atoms with Crippen molar-refractivity contribution in [2.24, 2.45) is 11.8 Å². The Morgan fingerprint density at radius 3 is 2.48 bits per heavy atom. The van der Waals surface area contributed by atoms with Gasteiger partial charge in [-0.3, -0.25) is 19.3 Å². The van der Waals surface area contributed by atoms with Gasteiger partial charge in [0.15, 0.2) is 11.5 Å².